The summed E-state index contributed by atoms with van der Waals surface area (Å²) in [5.41, 5.74) is -0.746. The molecule has 2 bridgehead atoms. The van der Waals surface area contributed by atoms with Crippen LogP contribution in [0.25, 0.3) is 0 Å². The monoisotopic (exact) mass is 538 g/mol. The van der Waals surface area contributed by atoms with E-state index in [4.69, 9.17) is 9.47 Å². The lowest BCUT2D eigenvalue weighted by atomic mass is 9.28. The molecule has 0 N–H and O–H groups in total. The number of carbonyl (C=O) groups excluding carboxylic acids is 3. The highest BCUT2D eigenvalue weighted by molar-refractivity contribution is 5.99. The second-order valence-electron chi connectivity index (χ2n) is 15.6. The Balaban J connectivity index is 1.40. The van der Waals surface area contributed by atoms with Gasteiger partial charge in [0.1, 0.15) is 6.10 Å². The lowest BCUT2D eigenvalue weighted by molar-refractivity contribution is -0.243. The Morgan fingerprint density at radius 3 is 2.36 bits per heavy atom. The highest BCUT2D eigenvalue weighted by Gasteiger charge is 2.81. The van der Waals surface area contributed by atoms with Gasteiger partial charge in [-0.25, -0.2) is 0 Å². The molecule has 0 aromatic rings. The zero-order valence-electron chi connectivity index (χ0n) is 25.3. The maximum Gasteiger partial charge on any atom is 0.318 e. The van der Waals surface area contributed by atoms with E-state index < -0.39 is 17.3 Å². The van der Waals surface area contributed by atoms with Crippen molar-refractivity contribution in [1.82, 2.24) is 0 Å². The van der Waals surface area contributed by atoms with E-state index in [1.165, 1.54) is 32.6 Å². The quantitative estimate of drug-likeness (QED) is 0.204. The van der Waals surface area contributed by atoms with E-state index in [1.54, 1.807) is 0 Å². The highest BCUT2D eigenvalue weighted by Crippen LogP contribution is 2.82. The molecule has 0 amide bonds. The van der Waals surface area contributed by atoms with Gasteiger partial charge in [-0.05, 0) is 91.3 Å². The lowest BCUT2D eigenvalue weighted by Gasteiger charge is -2.74. The summed E-state index contributed by atoms with van der Waals surface area (Å²) in [7, 11) is 0. The highest BCUT2D eigenvalue weighted by atomic mass is 16.6. The van der Waals surface area contributed by atoms with Crippen molar-refractivity contribution in [2.24, 2.45) is 69.0 Å². The second-order valence-corrected chi connectivity index (χ2v) is 15.6. The molecule has 1 aliphatic heterocycles. The first kappa shape index (κ1) is 27.5. The molecule has 12 atom stereocenters. The fourth-order valence-corrected chi connectivity index (χ4v) is 11.9. The Bertz CT molecular complexity index is 1090. The molecule has 5 nitrogen and oxygen atoms in total. The molecule has 39 heavy (non-hydrogen) atoms. The van der Waals surface area contributed by atoms with Crippen LogP contribution in [0.3, 0.4) is 0 Å². The SMILES string of the molecule is CC(=O)OC1CCC2(C)C3CCC4(C)C(C(C)CCC(C)C(C)C)CCC4C34C=CC2(C1)C1C(=O)OC(=O)C14. The third kappa shape index (κ3) is 3.46. The van der Waals surface area contributed by atoms with Crippen LogP contribution < -0.4 is 0 Å². The Kier molecular flexibility index (Phi) is 6.30. The summed E-state index contributed by atoms with van der Waals surface area (Å²) in [6.45, 7) is 15.9. The van der Waals surface area contributed by atoms with Crippen LogP contribution in [0.4, 0.5) is 0 Å². The van der Waals surface area contributed by atoms with E-state index in [-0.39, 0.29) is 40.3 Å². The van der Waals surface area contributed by atoms with E-state index in [1.807, 2.05) is 0 Å². The number of hydrogen-bond donors (Lipinski definition) is 0. The first-order valence-electron chi connectivity index (χ1n) is 15.9. The minimum atomic E-state index is -0.488. The molecule has 1 heterocycles. The normalized spacial score (nSPS) is 49.1. The first-order chi connectivity index (χ1) is 18.3. The number of hydrogen-bond acceptors (Lipinski definition) is 5. The largest absolute Gasteiger partial charge is 0.463 e. The van der Waals surface area contributed by atoms with Crippen molar-refractivity contribution in [2.75, 3.05) is 0 Å². The maximum atomic E-state index is 13.7. The molecule has 0 aromatic heterocycles. The predicted octanol–water partition coefficient (Wildman–Crippen LogP) is 7.13. The van der Waals surface area contributed by atoms with Gasteiger partial charge in [0.2, 0.25) is 0 Å². The number of cyclic esters (lactones) is 2. The van der Waals surface area contributed by atoms with Crippen LogP contribution in [0.2, 0.25) is 0 Å². The standard InChI is InChI=1S/C34H50O5/c1-19(2)20(3)8-9-21(4)24-10-11-25-31(24,6)14-13-26-32(7)15-12-23(38-22(5)35)18-33(32)16-17-34(25,26)28-27(33)29(36)39-30(28)37/h16-17,19-21,23-28H,8-15,18H2,1-7H3. The molecule has 5 fully saturated rings. The van der Waals surface area contributed by atoms with Crippen LogP contribution >= 0.6 is 0 Å². The lowest BCUT2D eigenvalue weighted by Crippen LogP contribution is -2.72. The third-order valence-corrected chi connectivity index (χ3v) is 14.0. The van der Waals surface area contributed by atoms with Crippen molar-refractivity contribution in [2.45, 2.75) is 112 Å². The van der Waals surface area contributed by atoms with Gasteiger partial charge < -0.3 is 9.47 Å². The maximum absolute atomic E-state index is 13.7. The van der Waals surface area contributed by atoms with Crippen molar-refractivity contribution in [3.8, 4) is 0 Å². The summed E-state index contributed by atoms with van der Waals surface area (Å²) in [6.07, 6.45) is 14.1. The minimum absolute atomic E-state index is 0.110. The van der Waals surface area contributed by atoms with Crippen molar-refractivity contribution in [3.63, 3.8) is 0 Å². The van der Waals surface area contributed by atoms with Crippen molar-refractivity contribution in [3.05, 3.63) is 12.2 Å². The molecule has 0 radical (unpaired) electrons. The zero-order chi connectivity index (χ0) is 28.1. The third-order valence-electron chi connectivity index (χ3n) is 14.0. The number of ether oxygens (including phenoxy) is 2. The van der Waals surface area contributed by atoms with E-state index in [0.29, 0.717) is 36.0 Å². The minimum Gasteiger partial charge on any atom is -0.463 e. The van der Waals surface area contributed by atoms with Gasteiger partial charge in [0.05, 0.1) is 11.8 Å². The first-order valence-corrected chi connectivity index (χ1v) is 15.9. The van der Waals surface area contributed by atoms with E-state index in [0.717, 1.165) is 31.6 Å². The van der Waals surface area contributed by atoms with Gasteiger partial charge in [-0.3, -0.25) is 14.4 Å². The molecule has 1 saturated heterocycles. The topological polar surface area (TPSA) is 69.7 Å². The Morgan fingerprint density at radius 2 is 1.67 bits per heavy atom. The Labute approximate surface area is 235 Å². The van der Waals surface area contributed by atoms with E-state index >= 15 is 0 Å². The van der Waals surface area contributed by atoms with Gasteiger partial charge in [0.15, 0.2) is 0 Å². The van der Waals surface area contributed by atoms with Gasteiger partial charge in [-0.15, -0.1) is 0 Å². The smallest absolute Gasteiger partial charge is 0.318 e. The van der Waals surface area contributed by atoms with Crippen molar-refractivity contribution in [1.29, 1.82) is 0 Å². The molecule has 2 spiro atoms. The predicted molar refractivity (Wildman–Crippen MR) is 149 cm³/mol. The number of fused-ring (bicyclic) bond motifs is 1. The second kappa shape index (κ2) is 8.92. The van der Waals surface area contributed by atoms with Gasteiger partial charge >= 0.3 is 17.9 Å². The molecule has 6 aliphatic carbocycles. The summed E-state index contributed by atoms with van der Waals surface area (Å²) in [5, 5.41) is 0. The van der Waals surface area contributed by atoms with Crippen LogP contribution in [0.1, 0.15) is 106 Å². The average molecular weight is 539 g/mol. The van der Waals surface area contributed by atoms with Crippen molar-refractivity contribution >= 4 is 17.9 Å². The fourth-order valence-electron chi connectivity index (χ4n) is 11.9. The van der Waals surface area contributed by atoms with Gasteiger partial charge in [-0.1, -0.05) is 66.5 Å². The number of rotatable bonds is 6. The van der Waals surface area contributed by atoms with Crippen LogP contribution in [-0.4, -0.2) is 24.0 Å². The molecule has 216 valence electrons. The van der Waals surface area contributed by atoms with Crippen LogP contribution in [0.5, 0.6) is 0 Å². The number of esters is 3. The molecule has 7 rings (SSSR count). The summed E-state index contributed by atoms with van der Waals surface area (Å²) in [4.78, 5) is 39.1. The van der Waals surface area contributed by atoms with Crippen molar-refractivity contribution < 1.29 is 23.9 Å². The average Bonchev–Trinajstić information content (AvgIpc) is 3.39. The number of carbonyl (C=O) groups is 3. The molecule has 5 heteroatoms. The molecular weight excluding hydrogens is 488 g/mol. The summed E-state index contributed by atoms with van der Waals surface area (Å²) < 4.78 is 11.3. The van der Waals surface area contributed by atoms with Gasteiger partial charge in [0, 0.05) is 17.8 Å². The van der Waals surface area contributed by atoms with Crippen LogP contribution in [0, 0.1) is 69.0 Å². The Morgan fingerprint density at radius 1 is 0.949 bits per heavy atom. The summed E-state index contributed by atoms with van der Waals surface area (Å²) in [6, 6.07) is 0. The summed E-state index contributed by atoms with van der Waals surface area (Å²) >= 11 is 0. The zero-order valence-corrected chi connectivity index (χ0v) is 25.3. The molecular formula is C34H50O5. The Hall–Kier alpha value is -1.65. The van der Waals surface area contributed by atoms with E-state index in [9.17, 15) is 14.4 Å². The van der Waals surface area contributed by atoms with Gasteiger partial charge in [0.25, 0.3) is 0 Å². The molecule has 7 aliphatic rings. The fraction of sp³-hybridized carbons (Fsp3) is 0.853. The van der Waals surface area contributed by atoms with Gasteiger partial charge in [-0.2, -0.15) is 0 Å². The van der Waals surface area contributed by atoms with E-state index in [2.05, 4.69) is 53.7 Å². The molecule has 0 aromatic carbocycles. The molecule has 4 saturated carbocycles. The molecule has 12 unspecified atom stereocenters. The number of allylic oxidation sites excluding steroid dienone is 2. The summed E-state index contributed by atoms with van der Waals surface area (Å²) in [5.74, 6) is 1.75. The van der Waals surface area contributed by atoms with Crippen LogP contribution in [0.15, 0.2) is 12.2 Å². The van der Waals surface area contributed by atoms with Crippen LogP contribution in [-0.2, 0) is 23.9 Å².